The topological polar surface area (TPSA) is 122 Å². The first kappa shape index (κ1) is 16.1. The molecule has 0 radical (unpaired) electrons. The molecule has 0 fully saturated rings. The van der Waals surface area contributed by atoms with E-state index in [1.807, 2.05) is 60.7 Å². The van der Waals surface area contributed by atoms with Gasteiger partial charge in [0.05, 0.1) is 16.3 Å². The van der Waals surface area contributed by atoms with Crippen LogP contribution in [0.25, 0.3) is 0 Å². The number of rotatable bonds is 6. The summed E-state index contributed by atoms with van der Waals surface area (Å²) in [6.45, 7) is 0. The molecule has 3 rings (SSSR count). The molecule has 0 bridgehead atoms. The predicted octanol–water partition coefficient (Wildman–Crippen LogP) is 2.84. The van der Waals surface area contributed by atoms with Crippen LogP contribution in [0.15, 0.2) is 67.0 Å². The van der Waals surface area contributed by atoms with Gasteiger partial charge in [-0.25, -0.2) is 15.8 Å². The van der Waals surface area contributed by atoms with Crippen LogP contribution in [0.3, 0.4) is 0 Å². The van der Waals surface area contributed by atoms with Crippen LogP contribution in [0.4, 0.5) is 28.7 Å². The Morgan fingerprint density at radius 2 is 1.44 bits per heavy atom. The molecule has 0 saturated heterocycles. The van der Waals surface area contributed by atoms with Gasteiger partial charge in [-0.3, -0.25) is 20.5 Å². The number of benzene rings is 2. The quantitative estimate of drug-likeness (QED) is 0.356. The highest BCUT2D eigenvalue weighted by Crippen LogP contribution is 2.32. The fourth-order valence-corrected chi connectivity index (χ4v) is 2.28. The molecule has 0 saturated carbocycles. The van der Waals surface area contributed by atoms with Crippen molar-refractivity contribution in [3.8, 4) is 0 Å². The summed E-state index contributed by atoms with van der Waals surface area (Å²) in [6, 6.07) is 18.7. The zero-order valence-corrected chi connectivity index (χ0v) is 13.0. The van der Waals surface area contributed by atoms with Crippen molar-refractivity contribution in [2.45, 2.75) is 0 Å². The van der Waals surface area contributed by atoms with Crippen LogP contribution in [0.5, 0.6) is 0 Å². The first-order chi connectivity index (χ1) is 12.2. The molecule has 25 heavy (non-hydrogen) atoms. The first-order valence-corrected chi connectivity index (χ1v) is 7.33. The van der Waals surface area contributed by atoms with Crippen LogP contribution in [0.2, 0.25) is 0 Å². The van der Waals surface area contributed by atoms with Crippen LogP contribution in [-0.2, 0) is 0 Å². The Bertz CT molecular complexity index is 819. The second-order valence-corrected chi connectivity index (χ2v) is 4.94. The molecule has 0 spiro atoms. The fourth-order valence-electron chi connectivity index (χ4n) is 2.28. The lowest BCUT2D eigenvalue weighted by Gasteiger charge is -2.25. The summed E-state index contributed by atoms with van der Waals surface area (Å²) in [5.41, 5.74) is 6.42. The maximum absolute atomic E-state index is 11.4. The Hall–Kier alpha value is -3.72. The monoisotopic (exact) mass is 337 g/mol. The minimum Gasteiger partial charge on any atom is -0.303 e. The van der Waals surface area contributed by atoms with E-state index in [9.17, 15) is 10.1 Å². The average molecular weight is 337 g/mol. The van der Waals surface area contributed by atoms with Crippen molar-refractivity contribution in [1.29, 1.82) is 0 Å². The molecule has 126 valence electrons. The zero-order chi connectivity index (χ0) is 17.6. The van der Waals surface area contributed by atoms with E-state index in [-0.39, 0.29) is 17.3 Å². The second kappa shape index (κ2) is 7.23. The van der Waals surface area contributed by atoms with Crippen LogP contribution in [0.1, 0.15) is 0 Å². The van der Waals surface area contributed by atoms with Crippen LogP contribution >= 0.6 is 0 Å². The van der Waals surface area contributed by atoms with E-state index in [1.54, 1.807) is 5.01 Å². The molecule has 1 aromatic heterocycles. The minimum absolute atomic E-state index is 0.0145. The lowest BCUT2D eigenvalue weighted by Crippen LogP contribution is -2.26. The van der Waals surface area contributed by atoms with E-state index >= 15 is 0 Å². The van der Waals surface area contributed by atoms with Crippen molar-refractivity contribution in [3.63, 3.8) is 0 Å². The van der Waals surface area contributed by atoms with Gasteiger partial charge in [0.25, 0.3) is 0 Å². The molecule has 2 aromatic carbocycles. The Morgan fingerprint density at radius 1 is 0.920 bits per heavy atom. The number of para-hydroxylation sites is 2. The first-order valence-electron chi connectivity index (χ1n) is 7.33. The summed E-state index contributed by atoms with van der Waals surface area (Å²) in [5, 5.41) is 13.1. The van der Waals surface area contributed by atoms with E-state index in [2.05, 4.69) is 20.8 Å². The molecular weight excluding hydrogens is 322 g/mol. The summed E-state index contributed by atoms with van der Waals surface area (Å²) in [7, 11) is 0. The van der Waals surface area contributed by atoms with Gasteiger partial charge in [0, 0.05) is 0 Å². The van der Waals surface area contributed by atoms with Crippen molar-refractivity contribution < 1.29 is 4.92 Å². The van der Waals surface area contributed by atoms with Gasteiger partial charge in [-0.15, -0.1) is 0 Å². The summed E-state index contributed by atoms with van der Waals surface area (Å²) < 4.78 is 0. The van der Waals surface area contributed by atoms with Crippen molar-refractivity contribution in [2.75, 3.05) is 15.9 Å². The number of hydrazine groups is 2. The SMILES string of the molecule is NNc1ncnc(NN(c2ccccc2)c2ccccc2)c1[N+](=O)[O-]. The Labute approximate surface area is 143 Å². The molecule has 9 heteroatoms. The Morgan fingerprint density at radius 3 is 1.92 bits per heavy atom. The van der Waals surface area contributed by atoms with E-state index in [0.717, 1.165) is 11.4 Å². The van der Waals surface area contributed by atoms with E-state index < -0.39 is 4.92 Å². The standard InChI is InChI=1S/C16H15N7O2/c17-20-15-14(23(24)25)16(19-11-18-15)21-22(12-7-3-1-4-8-12)13-9-5-2-6-10-13/h1-11H,17H2,(H2,18,19,20,21). The highest BCUT2D eigenvalue weighted by molar-refractivity contribution is 5.74. The summed E-state index contributed by atoms with van der Waals surface area (Å²) in [6.07, 6.45) is 1.19. The van der Waals surface area contributed by atoms with Gasteiger partial charge in [-0.2, -0.15) is 0 Å². The van der Waals surface area contributed by atoms with Crippen LogP contribution < -0.4 is 21.7 Å². The number of nitrogen functional groups attached to an aromatic ring is 1. The van der Waals surface area contributed by atoms with Crippen molar-refractivity contribution in [3.05, 3.63) is 77.1 Å². The third-order valence-electron chi connectivity index (χ3n) is 3.39. The Kier molecular flexibility index (Phi) is 4.67. The van der Waals surface area contributed by atoms with Gasteiger partial charge < -0.3 is 5.43 Å². The van der Waals surface area contributed by atoms with Gasteiger partial charge in [0.2, 0.25) is 11.6 Å². The number of anilines is 4. The van der Waals surface area contributed by atoms with Crippen LogP contribution in [0, 0.1) is 10.1 Å². The van der Waals surface area contributed by atoms with Crippen molar-refractivity contribution in [2.24, 2.45) is 5.84 Å². The number of nitrogens with one attached hydrogen (secondary N) is 2. The number of nitro groups is 1. The fraction of sp³-hybridized carbons (Fsp3) is 0. The third kappa shape index (κ3) is 3.46. The molecule has 0 aliphatic rings. The van der Waals surface area contributed by atoms with Gasteiger partial charge in [-0.05, 0) is 24.3 Å². The van der Waals surface area contributed by atoms with Crippen LogP contribution in [-0.4, -0.2) is 14.9 Å². The Balaban J connectivity index is 2.07. The molecule has 1 heterocycles. The molecule has 0 aliphatic heterocycles. The summed E-state index contributed by atoms with van der Waals surface area (Å²) >= 11 is 0. The van der Waals surface area contributed by atoms with E-state index in [0.29, 0.717) is 0 Å². The van der Waals surface area contributed by atoms with Gasteiger partial charge in [0.15, 0.2) is 0 Å². The second-order valence-electron chi connectivity index (χ2n) is 4.94. The lowest BCUT2D eigenvalue weighted by molar-refractivity contribution is -0.383. The molecule has 0 aliphatic carbocycles. The normalized spacial score (nSPS) is 10.1. The average Bonchev–Trinajstić information content (AvgIpc) is 2.67. The highest BCUT2D eigenvalue weighted by atomic mass is 16.6. The van der Waals surface area contributed by atoms with Gasteiger partial charge in [-0.1, -0.05) is 36.4 Å². The van der Waals surface area contributed by atoms with E-state index in [1.165, 1.54) is 6.33 Å². The molecule has 0 atom stereocenters. The molecule has 4 N–H and O–H groups in total. The highest BCUT2D eigenvalue weighted by Gasteiger charge is 2.24. The number of hydrogen-bond acceptors (Lipinski definition) is 8. The number of aromatic nitrogens is 2. The maximum Gasteiger partial charge on any atom is 0.356 e. The summed E-state index contributed by atoms with van der Waals surface area (Å²) in [5.74, 6) is 5.26. The number of nitrogens with two attached hydrogens (primary N) is 1. The summed E-state index contributed by atoms with van der Waals surface area (Å²) in [4.78, 5) is 18.6. The lowest BCUT2D eigenvalue weighted by atomic mass is 10.2. The predicted molar refractivity (Wildman–Crippen MR) is 95.1 cm³/mol. The molecule has 9 nitrogen and oxygen atoms in total. The minimum atomic E-state index is -0.592. The molecular formula is C16H15N7O2. The number of nitrogens with zero attached hydrogens (tertiary/aromatic N) is 4. The molecule has 3 aromatic rings. The zero-order valence-electron chi connectivity index (χ0n) is 13.0. The smallest absolute Gasteiger partial charge is 0.303 e. The maximum atomic E-state index is 11.4. The number of hydrogen-bond donors (Lipinski definition) is 3. The van der Waals surface area contributed by atoms with E-state index in [4.69, 9.17) is 5.84 Å². The van der Waals surface area contributed by atoms with Gasteiger partial charge >= 0.3 is 5.69 Å². The van der Waals surface area contributed by atoms with Crippen molar-refractivity contribution in [1.82, 2.24) is 9.97 Å². The molecule has 0 amide bonds. The van der Waals surface area contributed by atoms with Crippen molar-refractivity contribution >= 4 is 28.7 Å². The third-order valence-corrected chi connectivity index (χ3v) is 3.39. The van der Waals surface area contributed by atoms with Gasteiger partial charge in [0.1, 0.15) is 6.33 Å². The largest absolute Gasteiger partial charge is 0.356 e. The molecule has 0 unspecified atom stereocenters.